The molecule has 0 bridgehead atoms. The maximum absolute atomic E-state index is 12.5. The largest absolute Gasteiger partial charge is 0.490 e. The maximum Gasteiger partial charge on any atom is 0.266 e. The Bertz CT molecular complexity index is 987. The van der Waals surface area contributed by atoms with Crippen LogP contribution in [0.25, 0.3) is 6.08 Å². The third-order valence-electron chi connectivity index (χ3n) is 3.75. The number of nitrogens with zero attached hydrogens (tertiary/aromatic N) is 2. The molecule has 0 fully saturated rings. The number of carbonyl (C=O) groups is 1. The van der Waals surface area contributed by atoms with E-state index < -0.39 is 5.91 Å². The highest BCUT2D eigenvalue weighted by Gasteiger charge is 2.13. The Balaban J connectivity index is 2.29. The Labute approximate surface area is 168 Å². The van der Waals surface area contributed by atoms with Gasteiger partial charge in [-0.1, -0.05) is 23.7 Å². The van der Waals surface area contributed by atoms with Gasteiger partial charge in [-0.05, 0) is 55.3 Å². The SMILES string of the molecule is CCOc1cc(/C=C(/C#N)C(=O)Nc2cccc(Cl)c2C)ccc1OCC#N. The lowest BCUT2D eigenvalue weighted by molar-refractivity contribution is -0.112. The first-order chi connectivity index (χ1) is 13.5. The molecule has 2 aromatic rings. The molecule has 2 rings (SSSR count). The summed E-state index contributed by atoms with van der Waals surface area (Å²) in [6.45, 7) is 3.88. The molecule has 0 saturated heterocycles. The number of halogens is 1. The molecule has 0 aromatic heterocycles. The zero-order valence-electron chi connectivity index (χ0n) is 15.5. The zero-order valence-corrected chi connectivity index (χ0v) is 16.2. The van der Waals surface area contributed by atoms with Gasteiger partial charge in [0.25, 0.3) is 5.91 Å². The molecule has 0 aliphatic rings. The number of hydrogen-bond acceptors (Lipinski definition) is 5. The van der Waals surface area contributed by atoms with Crippen LogP contribution in [0.2, 0.25) is 5.02 Å². The Morgan fingerprint density at radius 1 is 1.21 bits per heavy atom. The summed E-state index contributed by atoms with van der Waals surface area (Å²) in [7, 11) is 0. The second kappa shape index (κ2) is 10.0. The minimum atomic E-state index is -0.546. The molecule has 0 unspecified atom stereocenters. The van der Waals surface area contributed by atoms with Gasteiger partial charge >= 0.3 is 0 Å². The van der Waals surface area contributed by atoms with Crippen LogP contribution in [0, 0.1) is 29.6 Å². The fraction of sp³-hybridized carbons (Fsp3) is 0.190. The summed E-state index contributed by atoms with van der Waals surface area (Å²) in [4.78, 5) is 12.5. The van der Waals surface area contributed by atoms with Crippen molar-refractivity contribution in [3.8, 4) is 23.6 Å². The Hall–Kier alpha value is -3.48. The monoisotopic (exact) mass is 395 g/mol. The maximum atomic E-state index is 12.5. The van der Waals surface area contributed by atoms with Gasteiger partial charge in [0, 0.05) is 10.7 Å². The van der Waals surface area contributed by atoms with Crippen LogP contribution >= 0.6 is 11.6 Å². The first kappa shape index (κ1) is 20.8. The highest BCUT2D eigenvalue weighted by molar-refractivity contribution is 6.31. The van der Waals surface area contributed by atoms with E-state index in [9.17, 15) is 10.1 Å². The van der Waals surface area contributed by atoms with Gasteiger partial charge in [0.2, 0.25) is 0 Å². The van der Waals surface area contributed by atoms with E-state index in [0.717, 1.165) is 0 Å². The van der Waals surface area contributed by atoms with E-state index >= 15 is 0 Å². The molecule has 0 radical (unpaired) electrons. The molecule has 0 atom stereocenters. The van der Waals surface area contributed by atoms with Gasteiger partial charge in [0.1, 0.15) is 17.7 Å². The lowest BCUT2D eigenvalue weighted by Crippen LogP contribution is -2.14. The number of hydrogen-bond donors (Lipinski definition) is 1. The van der Waals surface area contributed by atoms with Crippen LogP contribution in [0.1, 0.15) is 18.1 Å². The van der Waals surface area contributed by atoms with E-state index in [1.165, 1.54) is 6.08 Å². The molecule has 142 valence electrons. The Morgan fingerprint density at radius 2 is 2.00 bits per heavy atom. The summed E-state index contributed by atoms with van der Waals surface area (Å²) in [5.74, 6) is 0.295. The van der Waals surface area contributed by atoms with E-state index in [1.54, 1.807) is 43.3 Å². The standard InChI is InChI=1S/C21H18ClN3O3/c1-3-27-20-12-15(7-8-19(20)28-10-9-23)11-16(13-24)21(26)25-18-6-4-5-17(22)14(18)2/h4-8,11-12H,3,10H2,1-2H3,(H,25,26)/b16-11-. The van der Waals surface area contributed by atoms with Gasteiger partial charge in [0.15, 0.2) is 18.1 Å². The average molecular weight is 396 g/mol. The van der Waals surface area contributed by atoms with E-state index in [0.29, 0.717) is 39.9 Å². The molecule has 0 spiro atoms. The first-order valence-corrected chi connectivity index (χ1v) is 8.82. The van der Waals surface area contributed by atoms with Crippen molar-refractivity contribution in [2.24, 2.45) is 0 Å². The number of nitrogens with one attached hydrogen (secondary N) is 1. The highest BCUT2D eigenvalue weighted by Crippen LogP contribution is 2.29. The quantitative estimate of drug-likeness (QED) is 0.550. The van der Waals surface area contributed by atoms with Crippen molar-refractivity contribution in [2.45, 2.75) is 13.8 Å². The van der Waals surface area contributed by atoms with Gasteiger partial charge in [-0.3, -0.25) is 4.79 Å². The Morgan fingerprint density at radius 3 is 2.68 bits per heavy atom. The van der Waals surface area contributed by atoms with E-state index in [-0.39, 0.29) is 12.2 Å². The molecule has 7 heteroatoms. The van der Waals surface area contributed by atoms with Crippen molar-refractivity contribution in [3.63, 3.8) is 0 Å². The number of ether oxygens (including phenoxy) is 2. The summed E-state index contributed by atoms with van der Waals surface area (Å²) in [6, 6.07) is 13.9. The fourth-order valence-electron chi connectivity index (χ4n) is 2.36. The Kier molecular flexibility index (Phi) is 7.45. The summed E-state index contributed by atoms with van der Waals surface area (Å²) in [6.07, 6.45) is 1.45. The van der Waals surface area contributed by atoms with Gasteiger partial charge < -0.3 is 14.8 Å². The number of amides is 1. The minimum Gasteiger partial charge on any atom is -0.490 e. The molecule has 1 N–H and O–H groups in total. The topological polar surface area (TPSA) is 95.1 Å². The second-order valence-corrected chi connectivity index (χ2v) is 6.03. The lowest BCUT2D eigenvalue weighted by Gasteiger charge is -2.11. The van der Waals surface area contributed by atoms with Crippen molar-refractivity contribution in [2.75, 3.05) is 18.5 Å². The molecular weight excluding hydrogens is 378 g/mol. The lowest BCUT2D eigenvalue weighted by atomic mass is 10.1. The van der Waals surface area contributed by atoms with Crippen molar-refractivity contribution in [3.05, 3.63) is 58.1 Å². The van der Waals surface area contributed by atoms with Gasteiger partial charge in [-0.15, -0.1) is 0 Å². The molecule has 0 heterocycles. The predicted molar refractivity (Wildman–Crippen MR) is 107 cm³/mol. The van der Waals surface area contributed by atoms with Crippen LogP contribution in [0.4, 0.5) is 5.69 Å². The van der Waals surface area contributed by atoms with Crippen molar-refractivity contribution in [1.82, 2.24) is 0 Å². The third-order valence-corrected chi connectivity index (χ3v) is 4.16. The van der Waals surface area contributed by atoms with Gasteiger partial charge in [0.05, 0.1) is 6.61 Å². The fourth-order valence-corrected chi connectivity index (χ4v) is 2.53. The summed E-state index contributed by atoms with van der Waals surface area (Å²) < 4.78 is 10.8. The molecule has 1 amide bonds. The number of nitriles is 2. The van der Waals surface area contributed by atoms with Gasteiger partial charge in [-0.2, -0.15) is 10.5 Å². The molecule has 2 aromatic carbocycles. The molecule has 6 nitrogen and oxygen atoms in total. The van der Waals surface area contributed by atoms with Crippen molar-refractivity contribution < 1.29 is 14.3 Å². The number of anilines is 1. The van der Waals surface area contributed by atoms with E-state index in [1.807, 2.05) is 19.1 Å². The van der Waals surface area contributed by atoms with Gasteiger partial charge in [-0.25, -0.2) is 0 Å². The molecule has 0 saturated carbocycles. The van der Waals surface area contributed by atoms with E-state index in [4.69, 9.17) is 26.3 Å². The van der Waals surface area contributed by atoms with Crippen LogP contribution in [0.15, 0.2) is 42.0 Å². The summed E-state index contributed by atoms with van der Waals surface area (Å²) in [5.41, 5.74) is 1.76. The number of benzene rings is 2. The number of rotatable bonds is 7. The highest BCUT2D eigenvalue weighted by atomic mass is 35.5. The van der Waals surface area contributed by atoms with Crippen LogP contribution in [0.3, 0.4) is 0 Å². The third kappa shape index (κ3) is 5.26. The zero-order chi connectivity index (χ0) is 20.5. The number of carbonyl (C=O) groups excluding carboxylic acids is 1. The normalized spacial score (nSPS) is 10.5. The van der Waals surface area contributed by atoms with E-state index in [2.05, 4.69) is 5.32 Å². The van der Waals surface area contributed by atoms with Crippen LogP contribution in [-0.2, 0) is 4.79 Å². The smallest absolute Gasteiger partial charge is 0.266 e. The van der Waals surface area contributed by atoms with Crippen LogP contribution in [0.5, 0.6) is 11.5 Å². The molecule has 0 aliphatic heterocycles. The molecule has 0 aliphatic carbocycles. The predicted octanol–water partition coefficient (Wildman–Crippen LogP) is 4.50. The summed E-state index contributed by atoms with van der Waals surface area (Å²) in [5, 5.41) is 21.3. The van der Waals surface area contributed by atoms with Crippen molar-refractivity contribution >= 4 is 29.3 Å². The van der Waals surface area contributed by atoms with Crippen LogP contribution in [-0.4, -0.2) is 19.1 Å². The first-order valence-electron chi connectivity index (χ1n) is 8.45. The minimum absolute atomic E-state index is 0.0764. The van der Waals surface area contributed by atoms with Crippen LogP contribution < -0.4 is 14.8 Å². The second-order valence-electron chi connectivity index (χ2n) is 5.62. The summed E-state index contributed by atoms with van der Waals surface area (Å²) >= 11 is 6.06. The average Bonchev–Trinajstić information content (AvgIpc) is 2.69. The molecule has 28 heavy (non-hydrogen) atoms. The van der Waals surface area contributed by atoms with Crippen molar-refractivity contribution in [1.29, 1.82) is 10.5 Å². The molecular formula is C21H18ClN3O3.